The van der Waals surface area contributed by atoms with Gasteiger partial charge in [-0.25, -0.2) is 9.97 Å². The Morgan fingerprint density at radius 2 is 1.85 bits per heavy atom. The molecule has 0 atom stereocenters. The molecule has 8 heteroatoms. The molecule has 0 radical (unpaired) electrons. The van der Waals surface area contributed by atoms with Crippen LogP contribution in [0.25, 0.3) is 0 Å². The van der Waals surface area contributed by atoms with Crippen LogP contribution in [0.4, 0.5) is 5.95 Å². The lowest BCUT2D eigenvalue weighted by Crippen LogP contribution is -2.43. The zero-order valence-electron chi connectivity index (χ0n) is 16.0. The van der Waals surface area contributed by atoms with Crippen molar-refractivity contribution in [3.63, 3.8) is 0 Å². The van der Waals surface area contributed by atoms with E-state index in [1.54, 1.807) is 7.11 Å². The van der Waals surface area contributed by atoms with Crippen LogP contribution in [0.2, 0.25) is 0 Å². The second-order valence-corrected chi connectivity index (χ2v) is 6.35. The van der Waals surface area contributed by atoms with E-state index in [0.29, 0.717) is 36.7 Å². The molecule has 2 rings (SSSR count). The van der Waals surface area contributed by atoms with Crippen molar-refractivity contribution in [3.05, 3.63) is 53.3 Å². The molecule has 0 unspecified atom stereocenters. The molecule has 0 aliphatic rings. The van der Waals surface area contributed by atoms with Gasteiger partial charge in [0.25, 0.3) is 0 Å². The third-order valence-corrected chi connectivity index (χ3v) is 3.80. The quantitative estimate of drug-likeness (QED) is 0.291. The largest absolute Gasteiger partial charge is 0.383 e. The van der Waals surface area contributed by atoms with Gasteiger partial charge in [-0.05, 0) is 44.1 Å². The van der Waals surface area contributed by atoms with Gasteiger partial charge in [0.2, 0.25) is 11.9 Å². The maximum Gasteiger partial charge on any atom is 0.229 e. The average Bonchev–Trinajstić information content (AvgIpc) is 2.62. The lowest BCUT2D eigenvalue weighted by Gasteiger charge is -2.14. The molecule has 0 bridgehead atoms. The minimum absolute atomic E-state index is 0.461. The van der Waals surface area contributed by atoms with Gasteiger partial charge in [0.05, 0.1) is 6.61 Å². The van der Waals surface area contributed by atoms with Gasteiger partial charge in [0.15, 0.2) is 5.11 Å². The number of anilines is 1. The SMILES string of the molecule is COCCNC(=S)NC(=NCCc1ccccc1)Nc1nc(C)cc(C)n1. The second kappa shape index (κ2) is 11.2. The van der Waals surface area contributed by atoms with Crippen molar-refractivity contribution >= 4 is 29.2 Å². The van der Waals surface area contributed by atoms with Gasteiger partial charge in [0, 0.05) is 31.6 Å². The molecule has 144 valence electrons. The van der Waals surface area contributed by atoms with Gasteiger partial charge in [-0.1, -0.05) is 30.3 Å². The molecule has 0 amide bonds. The number of benzene rings is 1. The summed E-state index contributed by atoms with van der Waals surface area (Å²) in [5.74, 6) is 0.990. The summed E-state index contributed by atoms with van der Waals surface area (Å²) in [6, 6.07) is 12.1. The van der Waals surface area contributed by atoms with E-state index >= 15 is 0 Å². The Morgan fingerprint density at radius 3 is 2.52 bits per heavy atom. The third-order valence-electron chi connectivity index (χ3n) is 3.55. The minimum Gasteiger partial charge on any atom is -0.383 e. The van der Waals surface area contributed by atoms with Gasteiger partial charge in [-0.15, -0.1) is 0 Å². The number of hydrogen-bond donors (Lipinski definition) is 3. The molecule has 3 N–H and O–H groups in total. The van der Waals surface area contributed by atoms with Crippen LogP contribution < -0.4 is 16.0 Å². The third kappa shape index (κ3) is 8.10. The van der Waals surface area contributed by atoms with Crippen molar-refractivity contribution < 1.29 is 4.74 Å². The summed E-state index contributed by atoms with van der Waals surface area (Å²) in [5.41, 5.74) is 2.99. The molecular formula is C19H26N6OS. The molecule has 2 aromatic rings. The highest BCUT2D eigenvalue weighted by Gasteiger charge is 2.06. The number of thiocarbonyl (C=S) groups is 1. The van der Waals surface area contributed by atoms with Gasteiger partial charge < -0.3 is 15.4 Å². The second-order valence-electron chi connectivity index (χ2n) is 5.94. The first-order valence-electron chi connectivity index (χ1n) is 8.78. The number of aromatic nitrogens is 2. The summed E-state index contributed by atoms with van der Waals surface area (Å²) in [6.07, 6.45) is 0.825. The first kappa shape index (κ1) is 20.7. The fourth-order valence-corrected chi connectivity index (χ4v) is 2.56. The molecule has 0 saturated carbocycles. The molecule has 0 fully saturated rings. The predicted octanol–water partition coefficient (Wildman–Crippen LogP) is 2.21. The topological polar surface area (TPSA) is 83.5 Å². The van der Waals surface area contributed by atoms with E-state index in [9.17, 15) is 0 Å². The van der Waals surface area contributed by atoms with Crippen LogP contribution in [0.1, 0.15) is 17.0 Å². The van der Waals surface area contributed by atoms with E-state index in [4.69, 9.17) is 17.0 Å². The number of hydrogen-bond acceptors (Lipinski definition) is 5. The molecular weight excluding hydrogens is 360 g/mol. The Hall–Kier alpha value is -2.58. The van der Waals surface area contributed by atoms with Crippen LogP contribution in [-0.4, -0.2) is 47.8 Å². The zero-order valence-corrected chi connectivity index (χ0v) is 16.8. The highest BCUT2D eigenvalue weighted by atomic mass is 32.1. The molecule has 0 aliphatic heterocycles. The van der Waals surface area contributed by atoms with Crippen molar-refractivity contribution in [1.29, 1.82) is 0 Å². The van der Waals surface area contributed by atoms with Gasteiger partial charge in [-0.3, -0.25) is 10.3 Å². The van der Waals surface area contributed by atoms with Crippen molar-refractivity contribution in [2.45, 2.75) is 20.3 Å². The summed E-state index contributed by atoms with van der Waals surface area (Å²) in [4.78, 5) is 13.4. The van der Waals surface area contributed by atoms with Crippen LogP contribution in [0, 0.1) is 13.8 Å². The minimum atomic E-state index is 0.461. The van der Waals surface area contributed by atoms with E-state index in [1.807, 2.05) is 38.1 Å². The molecule has 1 heterocycles. The Labute approximate surface area is 165 Å². The standard InChI is InChI=1S/C19H26N6OS/c1-14-13-15(2)23-18(22-14)24-17(25-19(27)21-11-12-26-3)20-10-9-16-7-5-4-6-8-16/h4-8,13H,9-12H2,1-3H3,(H3,20,21,22,23,24,25,27). The van der Waals surface area contributed by atoms with Crippen molar-refractivity contribution in [2.75, 3.05) is 32.1 Å². The first-order valence-corrected chi connectivity index (χ1v) is 9.19. The highest BCUT2D eigenvalue weighted by Crippen LogP contribution is 2.04. The van der Waals surface area contributed by atoms with E-state index < -0.39 is 0 Å². The zero-order chi connectivity index (χ0) is 19.5. The summed E-state index contributed by atoms with van der Waals surface area (Å²) < 4.78 is 5.02. The Balaban J connectivity index is 2.04. The number of aliphatic imine (C=N–C) groups is 1. The number of methoxy groups -OCH3 is 1. The number of nitrogens with one attached hydrogen (secondary N) is 3. The predicted molar refractivity (Wildman–Crippen MR) is 113 cm³/mol. The van der Waals surface area contributed by atoms with Crippen LogP contribution >= 0.6 is 12.2 Å². The van der Waals surface area contributed by atoms with Crippen LogP contribution in [-0.2, 0) is 11.2 Å². The first-order chi connectivity index (χ1) is 13.1. The number of guanidine groups is 1. The van der Waals surface area contributed by atoms with Crippen molar-refractivity contribution in [2.24, 2.45) is 4.99 Å². The van der Waals surface area contributed by atoms with E-state index in [1.165, 1.54) is 5.56 Å². The maximum atomic E-state index is 5.32. The van der Waals surface area contributed by atoms with Gasteiger partial charge >= 0.3 is 0 Å². The summed E-state index contributed by atoms with van der Waals surface area (Å²) in [7, 11) is 1.65. The number of rotatable bonds is 7. The van der Waals surface area contributed by atoms with Gasteiger partial charge in [-0.2, -0.15) is 0 Å². The maximum absolute atomic E-state index is 5.32. The normalized spacial score (nSPS) is 11.1. The number of ether oxygens (including phenoxy) is 1. The number of aryl methyl sites for hydroxylation is 2. The fraction of sp³-hybridized carbons (Fsp3) is 0.368. The van der Waals surface area contributed by atoms with Crippen LogP contribution in [0.5, 0.6) is 0 Å². The lowest BCUT2D eigenvalue weighted by atomic mass is 10.2. The van der Waals surface area contributed by atoms with Crippen LogP contribution in [0.3, 0.4) is 0 Å². The van der Waals surface area contributed by atoms with E-state index in [2.05, 4.69) is 43.0 Å². The van der Waals surface area contributed by atoms with E-state index in [0.717, 1.165) is 17.8 Å². The van der Waals surface area contributed by atoms with Crippen molar-refractivity contribution in [1.82, 2.24) is 20.6 Å². The van der Waals surface area contributed by atoms with E-state index in [-0.39, 0.29) is 0 Å². The molecule has 1 aromatic heterocycles. The lowest BCUT2D eigenvalue weighted by molar-refractivity contribution is 0.204. The summed E-state index contributed by atoms with van der Waals surface area (Å²) >= 11 is 5.32. The molecule has 0 saturated heterocycles. The smallest absolute Gasteiger partial charge is 0.229 e. The Bertz CT molecular complexity index is 746. The summed E-state index contributed by atoms with van der Waals surface area (Å²) in [5, 5.41) is 9.72. The Kier molecular flexibility index (Phi) is 8.60. The monoisotopic (exact) mass is 386 g/mol. The molecule has 0 aliphatic carbocycles. The van der Waals surface area contributed by atoms with Gasteiger partial charge in [0.1, 0.15) is 0 Å². The number of nitrogens with zero attached hydrogens (tertiary/aromatic N) is 3. The molecule has 27 heavy (non-hydrogen) atoms. The Morgan fingerprint density at radius 1 is 1.15 bits per heavy atom. The molecule has 1 aromatic carbocycles. The van der Waals surface area contributed by atoms with Crippen molar-refractivity contribution in [3.8, 4) is 0 Å². The molecule has 7 nitrogen and oxygen atoms in total. The van der Waals surface area contributed by atoms with Crippen LogP contribution in [0.15, 0.2) is 41.4 Å². The average molecular weight is 387 g/mol. The summed E-state index contributed by atoms with van der Waals surface area (Å²) in [6.45, 7) is 5.63. The fourth-order valence-electron chi connectivity index (χ4n) is 2.36. The highest BCUT2D eigenvalue weighted by molar-refractivity contribution is 7.80. The molecule has 0 spiro atoms.